The number of hydrogen-bond donors (Lipinski definition) is 1. The van der Waals surface area contributed by atoms with Gasteiger partial charge >= 0.3 is 6.03 Å². The topological polar surface area (TPSA) is 110 Å². The maximum Gasteiger partial charge on any atom is 0.335 e. The van der Waals surface area contributed by atoms with Crippen molar-refractivity contribution in [2.24, 2.45) is 0 Å². The Balaban J connectivity index is 2.03. The maximum atomic E-state index is 12.7. The summed E-state index contributed by atoms with van der Waals surface area (Å²) < 4.78 is 0. The molecular weight excluding hydrogens is 374 g/mol. The molecular formula is C18H12ClN3O5. The monoisotopic (exact) mass is 385 g/mol. The maximum absolute atomic E-state index is 12.7. The molecule has 0 bridgehead atoms. The molecule has 0 aromatic heterocycles. The van der Waals surface area contributed by atoms with E-state index in [2.05, 4.69) is 5.32 Å². The summed E-state index contributed by atoms with van der Waals surface area (Å²) in [5.74, 6) is -1.71. The molecule has 4 amide bonds. The van der Waals surface area contributed by atoms with Crippen molar-refractivity contribution in [1.82, 2.24) is 5.32 Å². The molecule has 9 heteroatoms. The average molecular weight is 386 g/mol. The lowest BCUT2D eigenvalue weighted by molar-refractivity contribution is -0.384. The van der Waals surface area contributed by atoms with Crippen molar-refractivity contribution < 1.29 is 19.3 Å². The van der Waals surface area contributed by atoms with Gasteiger partial charge in [0.05, 0.1) is 10.6 Å². The van der Waals surface area contributed by atoms with Crippen LogP contribution in [0.15, 0.2) is 48.0 Å². The minimum Gasteiger partial charge on any atom is -0.273 e. The zero-order chi connectivity index (χ0) is 19.7. The van der Waals surface area contributed by atoms with Crippen LogP contribution in [0.4, 0.5) is 16.2 Å². The van der Waals surface area contributed by atoms with Crippen LogP contribution in [0.2, 0.25) is 5.02 Å². The first kappa shape index (κ1) is 18.3. The molecule has 0 aliphatic carbocycles. The highest BCUT2D eigenvalue weighted by Crippen LogP contribution is 2.27. The van der Waals surface area contributed by atoms with Crippen molar-refractivity contribution >= 4 is 46.9 Å². The molecule has 0 spiro atoms. The number of nitro groups is 1. The van der Waals surface area contributed by atoms with E-state index in [1.807, 2.05) is 6.92 Å². The predicted molar refractivity (Wildman–Crippen MR) is 98.3 cm³/mol. The average Bonchev–Trinajstić information content (AvgIpc) is 2.61. The second kappa shape index (κ2) is 7.00. The summed E-state index contributed by atoms with van der Waals surface area (Å²) >= 11 is 5.76. The highest BCUT2D eigenvalue weighted by Gasteiger charge is 2.36. The number of carbonyl (C=O) groups excluding carboxylic acids is 3. The zero-order valence-corrected chi connectivity index (χ0v) is 14.7. The largest absolute Gasteiger partial charge is 0.335 e. The van der Waals surface area contributed by atoms with Gasteiger partial charge in [0.25, 0.3) is 17.5 Å². The lowest BCUT2D eigenvalue weighted by Crippen LogP contribution is -2.54. The third-order valence-electron chi connectivity index (χ3n) is 3.87. The second-order valence-electron chi connectivity index (χ2n) is 5.76. The summed E-state index contributed by atoms with van der Waals surface area (Å²) in [6.07, 6.45) is 1.18. The third kappa shape index (κ3) is 3.56. The van der Waals surface area contributed by atoms with Crippen LogP contribution in [0.3, 0.4) is 0 Å². The van der Waals surface area contributed by atoms with Gasteiger partial charge in [-0.25, -0.2) is 9.69 Å². The summed E-state index contributed by atoms with van der Waals surface area (Å²) in [5.41, 5.74) is 0.767. The molecule has 1 heterocycles. The van der Waals surface area contributed by atoms with Crippen LogP contribution in [-0.2, 0) is 9.59 Å². The van der Waals surface area contributed by atoms with Crippen molar-refractivity contribution in [2.45, 2.75) is 6.92 Å². The number of anilines is 1. The molecule has 1 N–H and O–H groups in total. The van der Waals surface area contributed by atoms with E-state index in [-0.39, 0.29) is 21.8 Å². The molecule has 1 aliphatic heterocycles. The standard InChI is InChI=1S/C18H12ClN3O5/c1-10-2-5-12(6-3-10)21-17(24)13(16(23)20-18(21)25)8-11-4-7-14(19)15(9-11)22(26)27/h2-9H,1H3,(H,20,23,25)/b13-8+. The van der Waals surface area contributed by atoms with E-state index < -0.39 is 22.8 Å². The molecule has 2 aromatic carbocycles. The van der Waals surface area contributed by atoms with E-state index in [0.717, 1.165) is 16.5 Å². The number of aryl methyl sites for hydroxylation is 1. The minimum absolute atomic E-state index is 0.0713. The van der Waals surface area contributed by atoms with Crippen molar-refractivity contribution in [3.8, 4) is 0 Å². The van der Waals surface area contributed by atoms with Crippen molar-refractivity contribution in [2.75, 3.05) is 4.90 Å². The van der Waals surface area contributed by atoms with Gasteiger partial charge in [0.1, 0.15) is 10.6 Å². The number of benzene rings is 2. The molecule has 1 fully saturated rings. The highest BCUT2D eigenvalue weighted by atomic mass is 35.5. The Morgan fingerprint density at radius 3 is 2.41 bits per heavy atom. The normalized spacial score (nSPS) is 15.9. The molecule has 27 heavy (non-hydrogen) atoms. The Labute approximate surface area is 158 Å². The van der Waals surface area contributed by atoms with E-state index >= 15 is 0 Å². The van der Waals surface area contributed by atoms with Gasteiger partial charge in [0.15, 0.2) is 0 Å². The molecule has 1 aliphatic rings. The van der Waals surface area contributed by atoms with E-state index in [1.54, 1.807) is 24.3 Å². The van der Waals surface area contributed by atoms with Gasteiger partial charge in [-0.2, -0.15) is 0 Å². The Bertz CT molecular complexity index is 1010. The SMILES string of the molecule is Cc1ccc(N2C(=O)NC(=O)/C(=C\c3ccc(Cl)c([N+](=O)[O-])c3)C2=O)cc1. The number of carbonyl (C=O) groups is 3. The highest BCUT2D eigenvalue weighted by molar-refractivity contribution is 6.39. The van der Waals surface area contributed by atoms with Gasteiger partial charge in [-0.3, -0.25) is 25.0 Å². The van der Waals surface area contributed by atoms with Crippen LogP contribution < -0.4 is 10.2 Å². The molecule has 0 atom stereocenters. The number of nitrogens with zero attached hydrogens (tertiary/aromatic N) is 2. The van der Waals surface area contributed by atoms with Crippen LogP contribution in [0, 0.1) is 17.0 Å². The Morgan fingerprint density at radius 1 is 1.11 bits per heavy atom. The van der Waals surface area contributed by atoms with Gasteiger partial charge in [0, 0.05) is 6.07 Å². The summed E-state index contributed by atoms with van der Waals surface area (Å²) in [4.78, 5) is 48.2. The quantitative estimate of drug-likeness (QED) is 0.377. The van der Waals surface area contributed by atoms with Crippen LogP contribution >= 0.6 is 11.6 Å². The molecule has 3 rings (SSSR count). The lowest BCUT2D eigenvalue weighted by Gasteiger charge is -2.26. The number of hydrogen-bond acceptors (Lipinski definition) is 5. The summed E-state index contributed by atoms with van der Waals surface area (Å²) in [5, 5.41) is 13.0. The fourth-order valence-electron chi connectivity index (χ4n) is 2.51. The zero-order valence-electron chi connectivity index (χ0n) is 13.9. The summed E-state index contributed by atoms with van der Waals surface area (Å²) in [6, 6.07) is 9.59. The van der Waals surface area contributed by atoms with Crippen LogP contribution in [-0.4, -0.2) is 22.8 Å². The Morgan fingerprint density at radius 2 is 1.78 bits per heavy atom. The number of urea groups is 1. The van der Waals surface area contributed by atoms with Crippen molar-refractivity contribution in [3.05, 3.63) is 74.3 Å². The van der Waals surface area contributed by atoms with Crippen LogP contribution in [0.1, 0.15) is 11.1 Å². The molecule has 1 saturated heterocycles. The number of rotatable bonds is 3. The first-order valence-corrected chi connectivity index (χ1v) is 8.08. The number of nitrogens with one attached hydrogen (secondary N) is 1. The molecule has 0 radical (unpaired) electrons. The number of halogens is 1. The van der Waals surface area contributed by atoms with Gasteiger partial charge in [-0.1, -0.05) is 35.4 Å². The Kier molecular flexibility index (Phi) is 4.74. The van der Waals surface area contributed by atoms with Crippen molar-refractivity contribution in [3.63, 3.8) is 0 Å². The fourth-order valence-corrected chi connectivity index (χ4v) is 2.70. The molecule has 2 aromatic rings. The van der Waals surface area contributed by atoms with Gasteiger partial charge in [-0.15, -0.1) is 0 Å². The summed E-state index contributed by atoms with van der Waals surface area (Å²) in [7, 11) is 0. The number of barbiturate groups is 1. The first-order chi connectivity index (χ1) is 12.8. The van der Waals surface area contributed by atoms with Crippen LogP contribution in [0.25, 0.3) is 6.08 Å². The molecule has 136 valence electrons. The van der Waals surface area contributed by atoms with E-state index in [0.29, 0.717) is 5.69 Å². The predicted octanol–water partition coefficient (Wildman–Crippen LogP) is 3.22. The molecule has 0 unspecified atom stereocenters. The first-order valence-electron chi connectivity index (χ1n) is 7.70. The minimum atomic E-state index is -0.883. The smallest absolute Gasteiger partial charge is 0.273 e. The van der Waals surface area contributed by atoms with E-state index in [4.69, 9.17) is 11.6 Å². The lowest BCUT2D eigenvalue weighted by atomic mass is 10.1. The number of nitro benzene ring substituents is 1. The van der Waals surface area contributed by atoms with E-state index in [1.165, 1.54) is 18.2 Å². The van der Waals surface area contributed by atoms with Gasteiger partial charge < -0.3 is 0 Å². The number of imide groups is 2. The third-order valence-corrected chi connectivity index (χ3v) is 4.19. The second-order valence-corrected chi connectivity index (χ2v) is 6.17. The van der Waals surface area contributed by atoms with Crippen LogP contribution in [0.5, 0.6) is 0 Å². The summed E-state index contributed by atoms with van der Waals surface area (Å²) in [6.45, 7) is 1.85. The van der Waals surface area contributed by atoms with Gasteiger partial charge in [0.2, 0.25) is 0 Å². The van der Waals surface area contributed by atoms with Gasteiger partial charge in [-0.05, 0) is 36.8 Å². The van der Waals surface area contributed by atoms with E-state index in [9.17, 15) is 24.5 Å². The Hall–Kier alpha value is -3.52. The number of amides is 4. The molecule has 8 nitrogen and oxygen atoms in total. The molecule has 0 saturated carbocycles. The van der Waals surface area contributed by atoms with Crippen molar-refractivity contribution in [1.29, 1.82) is 0 Å². The fraction of sp³-hybridized carbons (Fsp3) is 0.0556.